The Hall–Kier alpha value is -1.57. The molecule has 0 aliphatic carbocycles. The maximum Gasteiger partial charge on any atom is 0.277 e. The van der Waals surface area contributed by atoms with E-state index in [0.29, 0.717) is 5.56 Å². The van der Waals surface area contributed by atoms with E-state index in [2.05, 4.69) is 22.2 Å². The van der Waals surface area contributed by atoms with Gasteiger partial charge in [-0.25, -0.2) is 8.78 Å². The summed E-state index contributed by atoms with van der Waals surface area (Å²) in [5, 5.41) is 2.21. The van der Waals surface area contributed by atoms with E-state index in [1.165, 1.54) is 0 Å². The molecular weight excluding hydrogens is 302 g/mol. The predicted molar refractivity (Wildman–Crippen MR) is 85.6 cm³/mol. The molecule has 0 saturated carbocycles. The standard InChI is InChI=1S/C16H24F2N4O/c1-21-6-8-22(9-7-21)10-13-2-4-14(5-3-13)15(23)20-12-16(17,18)11-19/h2-5H,6-12,19H2,1H3,(H,20,23). The van der Waals surface area contributed by atoms with Crippen LogP contribution in [0.25, 0.3) is 0 Å². The van der Waals surface area contributed by atoms with Crippen LogP contribution in [0.1, 0.15) is 15.9 Å². The number of amides is 1. The first-order valence-corrected chi connectivity index (χ1v) is 7.75. The van der Waals surface area contributed by atoms with Crippen molar-refractivity contribution in [3.63, 3.8) is 0 Å². The van der Waals surface area contributed by atoms with Crippen molar-refractivity contribution in [2.75, 3.05) is 46.3 Å². The molecule has 0 aromatic heterocycles. The van der Waals surface area contributed by atoms with Crippen LogP contribution in [-0.2, 0) is 6.54 Å². The molecule has 1 aliphatic rings. The number of carbonyl (C=O) groups is 1. The van der Waals surface area contributed by atoms with Crippen LogP contribution in [0.5, 0.6) is 0 Å². The van der Waals surface area contributed by atoms with Gasteiger partial charge in [-0.05, 0) is 24.7 Å². The molecule has 2 rings (SSSR count). The van der Waals surface area contributed by atoms with Crippen LogP contribution in [-0.4, -0.2) is 67.9 Å². The van der Waals surface area contributed by atoms with Crippen molar-refractivity contribution < 1.29 is 13.6 Å². The van der Waals surface area contributed by atoms with E-state index in [1.807, 2.05) is 12.1 Å². The van der Waals surface area contributed by atoms with Crippen LogP contribution in [0.2, 0.25) is 0 Å². The first-order chi connectivity index (χ1) is 10.9. The van der Waals surface area contributed by atoms with Gasteiger partial charge in [-0.15, -0.1) is 0 Å². The molecule has 1 fully saturated rings. The van der Waals surface area contributed by atoms with Crippen LogP contribution >= 0.6 is 0 Å². The Kier molecular flexibility index (Phi) is 6.04. The van der Waals surface area contributed by atoms with E-state index in [0.717, 1.165) is 38.3 Å². The largest absolute Gasteiger partial charge is 0.346 e. The van der Waals surface area contributed by atoms with E-state index in [-0.39, 0.29) is 0 Å². The van der Waals surface area contributed by atoms with Gasteiger partial charge in [-0.1, -0.05) is 12.1 Å². The van der Waals surface area contributed by atoms with Gasteiger partial charge in [-0.3, -0.25) is 9.69 Å². The fraction of sp³-hybridized carbons (Fsp3) is 0.562. The number of hydrogen-bond acceptors (Lipinski definition) is 4. The van der Waals surface area contributed by atoms with Crippen molar-refractivity contribution >= 4 is 5.91 Å². The van der Waals surface area contributed by atoms with Gasteiger partial charge in [0.15, 0.2) is 0 Å². The Morgan fingerprint density at radius 2 is 1.83 bits per heavy atom. The number of piperazine rings is 1. The Bertz CT molecular complexity index is 513. The molecule has 0 spiro atoms. The number of nitrogens with two attached hydrogens (primary N) is 1. The number of alkyl halides is 2. The van der Waals surface area contributed by atoms with Gasteiger partial charge < -0.3 is 16.0 Å². The Labute approximate surface area is 135 Å². The fourth-order valence-corrected chi connectivity index (χ4v) is 2.41. The predicted octanol–water partition coefficient (Wildman–Crippen LogP) is 0.758. The normalized spacial score (nSPS) is 17.2. The number of halogens is 2. The van der Waals surface area contributed by atoms with Crippen LogP contribution in [0, 0.1) is 0 Å². The third kappa shape index (κ3) is 5.53. The molecule has 0 bridgehead atoms. The lowest BCUT2D eigenvalue weighted by atomic mass is 10.1. The molecule has 23 heavy (non-hydrogen) atoms. The quantitative estimate of drug-likeness (QED) is 0.810. The highest BCUT2D eigenvalue weighted by Gasteiger charge is 2.27. The van der Waals surface area contributed by atoms with Gasteiger partial charge in [0.05, 0.1) is 13.1 Å². The molecule has 1 aliphatic heterocycles. The van der Waals surface area contributed by atoms with Crippen molar-refractivity contribution in [3.05, 3.63) is 35.4 Å². The summed E-state index contributed by atoms with van der Waals surface area (Å²) in [6.45, 7) is 3.45. The van der Waals surface area contributed by atoms with E-state index < -0.39 is 24.9 Å². The third-order valence-electron chi connectivity index (χ3n) is 4.02. The monoisotopic (exact) mass is 326 g/mol. The van der Waals surface area contributed by atoms with Gasteiger partial charge in [-0.2, -0.15) is 0 Å². The zero-order valence-corrected chi connectivity index (χ0v) is 13.4. The molecule has 0 radical (unpaired) electrons. The highest BCUT2D eigenvalue weighted by atomic mass is 19.3. The van der Waals surface area contributed by atoms with Crippen molar-refractivity contribution in [3.8, 4) is 0 Å². The SMILES string of the molecule is CN1CCN(Cc2ccc(C(=O)NCC(F)(F)CN)cc2)CC1. The zero-order chi connectivity index (χ0) is 16.9. The molecule has 5 nitrogen and oxygen atoms in total. The number of benzene rings is 1. The van der Waals surface area contributed by atoms with Crippen molar-refractivity contribution in [1.29, 1.82) is 0 Å². The van der Waals surface area contributed by atoms with Gasteiger partial charge in [0, 0.05) is 38.3 Å². The summed E-state index contributed by atoms with van der Waals surface area (Å²) in [5.41, 5.74) is 6.42. The minimum Gasteiger partial charge on any atom is -0.346 e. The molecule has 3 N–H and O–H groups in total. The highest BCUT2D eigenvalue weighted by Crippen LogP contribution is 2.11. The third-order valence-corrected chi connectivity index (χ3v) is 4.02. The smallest absolute Gasteiger partial charge is 0.277 e. The van der Waals surface area contributed by atoms with Crippen LogP contribution in [0.3, 0.4) is 0 Å². The van der Waals surface area contributed by atoms with E-state index >= 15 is 0 Å². The lowest BCUT2D eigenvalue weighted by molar-refractivity contribution is 0.0118. The lowest BCUT2D eigenvalue weighted by Gasteiger charge is -2.32. The lowest BCUT2D eigenvalue weighted by Crippen LogP contribution is -2.43. The topological polar surface area (TPSA) is 61.6 Å². The summed E-state index contributed by atoms with van der Waals surface area (Å²) < 4.78 is 26.1. The Morgan fingerprint density at radius 1 is 1.22 bits per heavy atom. The Morgan fingerprint density at radius 3 is 2.39 bits per heavy atom. The summed E-state index contributed by atoms with van der Waals surface area (Å²) in [6, 6.07) is 7.07. The maximum atomic E-state index is 13.0. The first kappa shape index (κ1) is 17.8. The van der Waals surface area contributed by atoms with Crippen molar-refractivity contribution in [2.45, 2.75) is 12.5 Å². The van der Waals surface area contributed by atoms with E-state index in [4.69, 9.17) is 5.73 Å². The van der Waals surface area contributed by atoms with Crippen molar-refractivity contribution in [2.24, 2.45) is 5.73 Å². The second-order valence-corrected chi connectivity index (χ2v) is 6.02. The van der Waals surface area contributed by atoms with Crippen LogP contribution in [0.4, 0.5) is 8.78 Å². The molecule has 1 amide bonds. The number of rotatable bonds is 6. The van der Waals surface area contributed by atoms with Gasteiger partial charge in [0.1, 0.15) is 0 Å². The molecule has 1 saturated heterocycles. The number of carbonyl (C=O) groups excluding carboxylic acids is 1. The number of hydrogen-bond donors (Lipinski definition) is 2. The summed E-state index contributed by atoms with van der Waals surface area (Å²) >= 11 is 0. The first-order valence-electron chi connectivity index (χ1n) is 7.75. The Balaban J connectivity index is 1.85. The van der Waals surface area contributed by atoms with Crippen LogP contribution < -0.4 is 11.1 Å². The molecule has 1 aromatic rings. The molecule has 128 valence electrons. The molecule has 0 unspecified atom stereocenters. The summed E-state index contributed by atoms with van der Waals surface area (Å²) in [5.74, 6) is -3.58. The molecule has 1 aromatic carbocycles. The number of nitrogens with one attached hydrogen (secondary N) is 1. The minimum absolute atomic E-state index is 0.375. The van der Waals surface area contributed by atoms with Gasteiger partial charge >= 0.3 is 0 Å². The summed E-state index contributed by atoms with van der Waals surface area (Å²) in [4.78, 5) is 16.5. The minimum atomic E-state index is -3.07. The average Bonchev–Trinajstić information content (AvgIpc) is 2.55. The molecule has 1 heterocycles. The zero-order valence-electron chi connectivity index (χ0n) is 13.4. The van der Waals surface area contributed by atoms with Crippen LogP contribution in [0.15, 0.2) is 24.3 Å². The van der Waals surface area contributed by atoms with Gasteiger partial charge in [0.25, 0.3) is 11.8 Å². The maximum absolute atomic E-state index is 13.0. The molecule has 7 heteroatoms. The fourth-order valence-electron chi connectivity index (χ4n) is 2.41. The van der Waals surface area contributed by atoms with Gasteiger partial charge in [0.2, 0.25) is 0 Å². The highest BCUT2D eigenvalue weighted by molar-refractivity contribution is 5.94. The second kappa shape index (κ2) is 7.81. The second-order valence-electron chi connectivity index (χ2n) is 6.02. The number of likely N-dealkylation sites (N-methyl/N-ethyl adjacent to an activating group) is 1. The van der Waals surface area contributed by atoms with E-state index in [1.54, 1.807) is 12.1 Å². The summed E-state index contributed by atoms with van der Waals surface area (Å²) in [7, 11) is 2.11. The van der Waals surface area contributed by atoms with Crippen molar-refractivity contribution in [1.82, 2.24) is 15.1 Å². The van der Waals surface area contributed by atoms with E-state index in [9.17, 15) is 13.6 Å². The molecular formula is C16H24F2N4O. The number of nitrogens with zero attached hydrogens (tertiary/aromatic N) is 2. The molecule has 0 atom stereocenters. The average molecular weight is 326 g/mol. The summed E-state index contributed by atoms with van der Waals surface area (Å²) in [6.07, 6.45) is 0.